The largest absolute Gasteiger partial charge is 0.368 e. The zero-order valence-electron chi connectivity index (χ0n) is 18.0. The third-order valence-corrected chi connectivity index (χ3v) is 5.83. The van der Waals surface area contributed by atoms with Gasteiger partial charge in [-0.2, -0.15) is 5.10 Å². The molecule has 2 atom stereocenters. The van der Waals surface area contributed by atoms with Crippen molar-refractivity contribution in [1.82, 2.24) is 24.6 Å². The van der Waals surface area contributed by atoms with Gasteiger partial charge in [0.15, 0.2) is 0 Å². The average molecular weight is 423 g/mol. The first-order valence-electron chi connectivity index (χ1n) is 10.6. The van der Waals surface area contributed by atoms with Gasteiger partial charge in [0.1, 0.15) is 23.8 Å². The molecule has 0 saturated carbocycles. The van der Waals surface area contributed by atoms with E-state index in [4.69, 9.17) is 0 Å². The van der Waals surface area contributed by atoms with Crippen molar-refractivity contribution in [2.75, 3.05) is 18.4 Å². The summed E-state index contributed by atoms with van der Waals surface area (Å²) in [5.74, 6) is 1.19. The third-order valence-electron chi connectivity index (χ3n) is 5.83. The molecule has 8 heteroatoms. The van der Waals surface area contributed by atoms with Gasteiger partial charge in [-0.1, -0.05) is 18.6 Å². The number of halogens is 1. The molecule has 3 aromatic rings. The highest BCUT2D eigenvalue weighted by atomic mass is 19.1. The van der Waals surface area contributed by atoms with Crippen LogP contribution in [0.3, 0.4) is 0 Å². The lowest BCUT2D eigenvalue weighted by Crippen LogP contribution is -2.51. The van der Waals surface area contributed by atoms with Crippen LogP contribution in [0.25, 0.3) is 5.69 Å². The molecule has 1 fully saturated rings. The standard InChI is InChI=1S/C23H27FN6O/c1-15-6-8-20(30-14-27-17(3)28-30)19(11-15)23(31)29-10-4-5-16(2)21(29)13-26-22-9-7-18(24)12-25-22/h6-9,11-12,14,16,21H,4-5,10,13H2,1-3H3,(H,25,26)/t16-,21?/m1/s1. The van der Waals surface area contributed by atoms with Crippen molar-refractivity contribution >= 4 is 11.7 Å². The molecule has 4 rings (SSSR count). The fourth-order valence-corrected chi connectivity index (χ4v) is 4.14. The summed E-state index contributed by atoms with van der Waals surface area (Å²) in [5, 5.41) is 7.67. The van der Waals surface area contributed by atoms with Gasteiger partial charge in [0.25, 0.3) is 5.91 Å². The van der Waals surface area contributed by atoms with Crippen LogP contribution in [0.4, 0.5) is 10.2 Å². The highest BCUT2D eigenvalue weighted by molar-refractivity contribution is 5.98. The molecule has 0 spiro atoms. The summed E-state index contributed by atoms with van der Waals surface area (Å²) < 4.78 is 14.8. The van der Waals surface area contributed by atoms with Crippen LogP contribution < -0.4 is 5.32 Å². The molecule has 1 N–H and O–H groups in total. The number of amides is 1. The zero-order chi connectivity index (χ0) is 22.0. The quantitative estimate of drug-likeness (QED) is 0.677. The molecular formula is C23H27FN6O. The maximum Gasteiger partial charge on any atom is 0.256 e. The minimum Gasteiger partial charge on any atom is -0.368 e. The SMILES string of the molecule is Cc1ccc(-n2cnc(C)n2)c(C(=O)N2CCC[C@@H](C)C2CNc2ccc(F)cn2)c1. The van der Waals surface area contributed by atoms with Gasteiger partial charge in [-0.25, -0.2) is 19.0 Å². The van der Waals surface area contributed by atoms with Crippen LogP contribution in [0, 0.1) is 25.6 Å². The minimum absolute atomic E-state index is 0.000974. The van der Waals surface area contributed by atoms with E-state index in [1.165, 1.54) is 12.3 Å². The number of nitrogens with zero attached hydrogens (tertiary/aromatic N) is 5. The van der Waals surface area contributed by atoms with Gasteiger partial charge in [-0.3, -0.25) is 4.79 Å². The zero-order valence-corrected chi connectivity index (χ0v) is 18.0. The summed E-state index contributed by atoms with van der Waals surface area (Å²) in [7, 11) is 0. The second-order valence-electron chi connectivity index (χ2n) is 8.18. The Morgan fingerprint density at radius 1 is 1.23 bits per heavy atom. The van der Waals surface area contributed by atoms with E-state index in [1.54, 1.807) is 17.1 Å². The normalized spacial score (nSPS) is 18.8. The number of benzene rings is 1. The Hall–Kier alpha value is -3.29. The van der Waals surface area contributed by atoms with Gasteiger partial charge in [-0.05, 0) is 56.9 Å². The predicted molar refractivity (Wildman–Crippen MR) is 117 cm³/mol. The van der Waals surface area contributed by atoms with Crippen molar-refractivity contribution in [2.24, 2.45) is 5.92 Å². The van der Waals surface area contributed by atoms with Gasteiger partial charge in [-0.15, -0.1) is 0 Å². The van der Waals surface area contributed by atoms with Gasteiger partial charge < -0.3 is 10.2 Å². The van der Waals surface area contributed by atoms with Crippen molar-refractivity contribution in [3.05, 3.63) is 65.6 Å². The van der Waals surface area contributed by atoms with Crippen LogP contribution in [0.2, 0.25) is 0 Å². The summed E-state index contributed by atoms with van der Waals surface area (Å²) in [5.41, 5.74) is 2.35. The van der Waals surface area contributed by atoms with Crippen molar-refractivity contribution in [3.63, 3.8) is 0 Å². The van der Waals surface area contributed by atoms with E-state index in [0.29, 0.717) is 36.2 Å². The van der Waals surface area contributed by atoms with Crippen molar-refractivity contribution in [1.29, 1.82) is 0 Å². The van der Waals surface area contributed by atoms with Gasteiger partial charge in [0.2, 0.25) is 0 Å². The Balaban J connectivity index is 1.61. The summed E-state index contributed by atoms with van der Waals surface area (Å²) >= 11 is 0. The average Bonchev–Trinajstić information content (AvgIpc) is 3.19. The lowest BCUT2D eigenvalue weighted by Gasteiger charge is -2.40. The number of pyridine rings is 1. The maximum absolute atomic E-state index is 13.7. The number of hydrogen-bond donors (Lipinski definition) is 1. The van der Waals surface area contributed by atoms with Gasteiger partial charge >= 0.3 is 0 Å². The number of aryl methyl sites for hydroxylation is 2. The number of anilines is 1. The molecule has 31 heavy (non-hydrogen) atoms. The molecule has 0 radical (unpaired) electrons. The first kappa shape index (κ1) is 21.0. The molecule has 0 aliphatic carbocycles. The third kappa shape index (κ3) is 4.57. The smallest absolute Gasteiger partial charge is 0.256 e. The monoisotopic (exact) mass is 422 g/mol. The topological polar surface area (TPSA) is 75.9 Å². The molecule has 3 heterocycles. The molecule has 1 aliphatic heterocycles. The first-order valence-corrected chi connectivity index (χ1v) is 10.6. The van der Waals surface area contributed by atoms with E-state index in [2.05, 4.69) is 27.3 Å². The number of aromatic nitrogens is 4. The molecule has 0 bridgehead atoms. The number of piperidine rings is 1. The highest BCUT2D eigenvalue weighted by Crippen LogP contribution is 2.27. The Bertz CT molecular complexity index is 1060. The second-order valence-corrected chi connectivity index (χ2v) is 8.18. The van der Waals surface area contributed by atoms with E-state index in [1.807, 2.05) is 36.9 Å². The number of carbonyl (C=O) groups is 1. The van der Waals surface area contributed by atoms with Crippen molar-refractivity contribution < 1.29 is 9.18 Å². The summed E-state index contributed by atoms with van der Waals surface area (Å²) in [6.45, 7) is 7.21. The first-order chi connectivity index (χ1) is 14.9. The molecule has 2 aromatic heterocycles. The maximum atomic E-state index is 13.7. The van der Waals surface area contributed by atoms with E-state index in [9.17, 15) is 9.18 Å². The predicted octanol–water partition coefficient (Wildman–Crippen LogP) is 3.77. The lowest BCUT2D eigenvalue weighted by atomic mass is 9.89. The van der Waals surface area contributed by atoms with Gasteiger partial charge in [0, 0.05) is 13.1 Å². The van der Waals surface area contributed by atoms with E-state index in [-0.39, 0.29) is 17.8 Å². The summed E-state index contributed by atoms with van der Waals surface area (Å²) in [6, 6.07) is 8.79. The number of carbonyl (C=O) groups excluding carboxylic acids is 1. The minimum atomic E-state index is -0.372. The molecule has 1 saturated heterocycles. The molecule has 1 aliphatic rings. The summed E-state index contributed by atoms with van der Waals surface area (Å²) in [4.78, 5) is 24.0. The van der Waals surface area contributed by atoms with Crippen LogP contribution in [-0.2, 0) is 0 Å². The van der Waals surface area contributed by atoms with Crippen LogP contribution >= 0.6 is 0 Å². The van der Waals surface area contributed by atoms with Crippen molar-refractivity contribution in [2.45, 2.75) is 39.7 Å². The lowest BCUT2D eigenvalue weighted by molar-refractivity contribution is 0.0540. The molecule has 1 aromatic carbocycles. The molecule has 162 valence electrons. The molecule has 1 amide bonds. The molecule has 7 nitrogen and oxygen atoms in total. The highest BCUT2D eigenvalue weighted by Gasteiger charge is 2.33. The Morgan fingerprint density at radius 2 is 2.06 bits per heavy atom. The molecular weight excluding hydrogens is 395 g/mol. The second kappa shape index (κ2) is 8.83. The van der Waals surface area contributed by atoms with Crippen molar-refractivity contribution in [3.8, 4) is 5.69 Å². The van der Waals surface area contributed by atoms with Crippen LogP contribution in [0.5, 0.6) is 0 Å². The number of likely N-dealkylation sites (tertiary alicyclic amines) is 1. The Labute approximate surface area is 181 Å². The molecule has 1 unspecified atom stereocenters. The summed E-state index contributed by atoms with van der Waals surface area (Å²) in [6.07, 6.45) is 4.83. The van der Waals surface area contributed by atoms with Gasteiger partial charge in [0.05, 0.1) is 23.5 Å². The fourth-order valence-electron chi connectivity index (χ4n) is 4.14. The Morgan fingerprint density at radius 3 is 2.77 bits per heavy atom. The van der Waals surface area contributed by atoms with Crippen LogP contribution in [-0.4, -0.2) is 49.7 Å². The van der Waals surface area contributed by atoms with E-state index in [0.717, 1.165) is 24.1 Å². The van der Waals surface area contributed by atoms with Crippen LogP contribution in [0.1, 0.15) is 41.5 Å². The number of hydrogen-bond acceptors (Lipinski definition) is 5. The van der Waals surface area contributed by atoms with Crippen LogP contribution in [0.15, 0.2) is 42.9 Å². The number of rotatable bonds is 5. The van der Waals surface area contributed by atoms with E-state index < -0.39 is 0 Å². The van der Waals surface area contributed by atoms with E-state index >= 15 is 0 Å². The number of nitrogens with one attached hydrogen (secondary N) is 1. The fraction of sp³-hybridized carbons (Fsp3) is 0.391. The Kier molecular flexibility index (Phi) is 5.97.